The number of hydrogen-bond donors (Lipinski definition) is 1. The van der Waals surface area contributed by atoms with E-state index in [4.69, 9.17) is 10.7 Å². The van der Waals surface area contributed by atoms with Crippen LogP contribution in [-0.2, 0) is 7.05 Å². The van der Waals surface area contributed by atoms with Crippen molar-refractivity contribution in [2.24, 2.45) is 7.05 Å². The molecule has 3 rings (SSSR count). The number of rotatable bonds is 2. The molecule has 1 saturated carbocycles. The smallest absolute Gasteiger partial charge is 0.137 e. The van der Waals surface area contributed by atoms with Crippen molar-refractivity contribution < 1.29 is 4.39 Å². The van der Waals surface area contributed by atoms with Crippen molar-refractivity contribution >= 4 is 21.7 Å². The number of nitrogens with two attached hydrogens (primary N) is 1. The van der Waals surface area contributed by atoms with Gasteiger partial charge in [0, 0.05) is 18.5 Å². The normalized spacial score (nSPS) is 16.3. The van der Waals surface area contributed by atoms with Crippen LogP contribution in [0.25, 0.3) is 11.3 Å². The van der Waals surface area contributed by atoms with Gasteiger partial charge < -0.3 is 10.3 Å². The first-order chi connectivity index (χ1) is 10.1. The van der Waals surface area contributed by atoms with Gasteiger partial charge in [-0.25, -0.2) is 9.37 Å². The SMILES string of the molecule is Cn1c(C2CCCCC2)nc(-c2ccc(F)c(Br)c2)c1N. The van der Waals surface area contributed by atoms with E-state index in [1.165, 1.54) is 38.2 Å². The molecule has 2 N–H and O–H groups in total. The molecular weight excluding hydrogens is 333 g/mol. The molecule has 0 unspecified atom stereocenters. The predicted molar refractivity (Wildman–Crippen MR) is 86.5 cm³/mol. The molecule has 0 saturated heterocycles. The van der Waals surface area contributed by atoms with Crippen molar-refractivity contribution in [3.63, 3.8) is 0 Å². The van der Waals surface area contributed by atoms with E-state index in [0.29, 0.717) is 16.2 Å². The lowest BCUT2D eigenvalue weighted by atomic mass is 9.89. The summed E-state index contributed by atoms with van der Waals surface area (Å²) in [6.45, 7) is 0. The summed E-state index contributed by atoms with van der Waals surface area (Å²) in [7, 11) is 1.97. The highest BCUT2D eigenvalue weighted by atomic mass is 79.9. The Balaban J connectivity index is 2.01. The number of hydrogen-bond acceptors (Lipinski definition) is 2. The van der Waals surface area contributed by atoms with Gasteiger partial charge in [-0.15, -0.1) is 0 Å². The number of imidazole rings is 1. The summed E-state index contributed by atoms with van der Waals surface area (Å²) in [6, 6.07) is 4.90. The third-order valence-electron chi connectivity index (χ3n) is 4.34. The van der Waals surface area contributed by atoms with Crippen molar-refractivity contribution in [2.45, 2.75) is 38.0 Å². The van der Waals surface area contributed by atoms with Crippen LogP contribution in [0.3, 0.4) is 0 Å². The standard InChI is InChI=1S/C16H19BrFN3/c1-21-15(19)14(11-7-8-13(18)12(17)9-11)20-16(21)10-5-3-2-4-6-10/h7-10H,2-6,19H2,1H3. The zero-order valence-electron chi connectivity index (χ0n) is 12.1. The second kappa shape index (κ2) is 5.79. The van der Waals surface area contributed by atoms with Gasteiger partial charge in [0.15, 0.2) is 0 Å². The second-order valence-corrected chi connectivity index (χ2v) is 6.58. The highest BCUT2D eigenvalue weighted by Crippen LogP contribution is 2.36. The highest BCUT2D eigenvalue weighted by Gasteiger charge is 2.23. The molecular formula is C16H19BrFN3. The van der Waals surface area contributed by atoms with Crippen LogP contribution in [0.1, 0.15) is 43.8 Å². The van der Waals surface area contributed by atoms with Gasteiger partial charge >= 0.3 is 0 Å². The molecule has 0 radical (unpaired) electrons. The number of aromatic nitrogens is 2. The maximum absolute atomic E-state index is 13.4. The number of anilines is 1. The van der Waals surface area contributed by atoms with Crippen LogP contribution in [0.15, 0.2) is 22.7 Å². The van der Waals surface area contributed by atoms with Gasteiger partial charge in [-0.3, -0.25) is 0 Å². The quantitative estimate of drug-likeness (QED) is 0.857. The molecule has 2 aromatic rings. The lowest BCUT2D eigenvalue weighted by Gasteiger charge is -2.21. The number of halogens is 2. The average molecular weight is 352 g/mol. The Hall–Kier alpha value is -1.36. The predicted octanol–water partition coefficient (Wildman–Crippen LogP) is 4.62. The van der Waals surface area contributed by atoms with Gasteiger partial charge in [0.1, 0.15) is 23.2 Å². The van der Waals surface area contributed by atoms with Crippen LogP contribution in [0.2, 0.25) is 0 Å². The van der Waals surface area contributed by atoms with Crippen molar-refractivity contribution in [3.8, 4) is 11.3 Å². The van der Waals surface area contributed by atoms with Crippen molar-refractivity contribution in [2.75, 3.05) is 5.73 Å². The summed E-state index contributed by atoms with van der Waals surface area (Å²) in [5.74, 6) is 1.92. The van der Waals surface area contributed by atoms with Crippen LogP contribution < -0.4 is 5.73 Å². The third kappa shape index (κ3) is 2.71. The first kappa shape index (κ1) is 14.6. The minimum atomic E-state index is -0.277. The Labute approximate surface area is 132 Å². The van der Waals surface area contributed by atoms with E-state index in [1.807, 2.05) is 11.6 Å². The Morgan fingerprint density at radius 3 is 2.67 bits per heavy atom. The van der Waals surface area contributed by atoms with Gasteiger partial charge in [0.05, 0.1) is 4.47 Å². The summed E-state index contributed by atoms with van der Waals surface area (Å²) in [5.41, 5.74) is 7.82. The fourth-order valence-electron chi connectivity index (χ4n) is 3.11. The molecule has 1 aromatic carbocycles. The molecule has 3 nitrogen and oxygen atoms in total. The van der Waals surface area contributed by atoms with E-state index in [9.17, 15) is 4.39 Å². The van der Waals surface area contributed by atoms with Crippen LogP contribution in [0.4, 0.5) is 10.2 Å². The average Bonchev–Trinajstić information content (AvgIpc) is 2.79. The van der Waals surface area contributed by atoms with Crippen LogP contribution in [0, 0.1) is 5.82 Å². The fraction of sp³-hybridized carbons (Fsp3) is 0.438. The summed E-state index contributed by atoms with van der Waals surface area (Å²) < 4.78 is 15.8. The zero-order valence-corrected chi connectivity index (χ0v) is 13.7. The number of nitrogen functional groups attached to an aromatic ring is 1. The fourth-order valence-corrected chi connectivity index (χ4v) is 3.49. The number of nitrogens with zero attached hydrogens (tertiary/aromatic N) is 2. The lowest BCUT2D eigenvalue weighted by Crippen LogP contribution is -2.11. The monoisotopic (exact) mass is 351 g/mol. The molecule has 0 atom stereocenters. The molecule has 112 valence electrons. The van der Waals surface area contributed by atoms with Gasteiger partial charge in [-0.1, -0.05) is 19.3 Å². The summed E-state index contributed by atoms with van der Waals surface area (Å²) >= 11 is 3.22. The highest BCUT2D eigenvalue weighted by molar-refractivity contribution is 9.10. The minimum Gasteiger partial charge on any atom is -0.383 e. The van der Waals surface area contributed by atoms with Gasteiger partial charge in [-0.05, 0) is 47.0 Å². The Morgan fingerprint density at radius 2 is 2.00 bits per heavy atom. The molecule has 0 bridgehead atoms. The van der Waals surface area contributed by atoms with E-state index in [-0.39, 0.29) is 5.82 Å². The molecule has 0 spiro atoms. The largest absolute Gasteiger partial charge is 0.383 e. The lowest BCUT2D eigenvalue weighted by molar-refractivity contribution is 0.422. The van der Waals surface area contributed by atoms with Crippen molar-refractivity contribution in [1.29, 1.82) is 0 Å². The van der Waals surface area contributed by atoms with E-state index in [0.717, 1.165) is 17.1 Å². The van der Waals surface area contributed by atoms with Crippen LogP contribution in [0.5, 0.6) is 0 Å². The Kier molecular flexibility index (Phi) is 4.02. The number of benzene rings is 1. The summed E-state index contributed by atoms with van der Waals surface area (Å²) in [6.07, 6.45) is 6.19. The minimum absolute atomic E-state index is 0.277. The van der Waals surface area contributed by atoms with Crippen LogP contribution in [-0.4, -0.2) is 9.55 Å². The van der Waals surface area contributed by atoms with E-state index < -0.39 is 0 Å². The van der Waals surface area contributed by atoms with E-state index in [2.05, 4.69) is 15.9 Å². The van der Waals surface area contributed by atoms with Gasteiger partial charge in [-0.2, -0.15) is 0 Å². The molecule has 0 aliphatic heterocycles. The zero-order chi connectivity index (χ0) is 15.0. The molecule has 1 aliphatic carbocycles. The second-order valence-electron chi connectivity index (χ2n) is 5.73. The Morgan fingerprint density at radius 1 is 1.29 bits per heavy atom. The first-order valence-corrected chi connectivity index (χ1v) is 8.14. The molecule has 5 heteroatoms. The maximum atomic E-state index is 13.4. The molecule has 1 heterocycles. The Bertz CT molecular complexity index is 660. The van der Waals surface area contributed by atoms with E-state index >= 15 is 0 Å². The van der Waals surface area contributed by atoms with Gasteiger partial charge in [0.2, 0.25) is 0 Å². The van der Waals surface area contributed by atoms with Gasteiger partial charge in [0.25, 0.3) is 0 Å². The molecule has 1 aliphatic rings. The maximum Gasteiger partial charge on any atom is 0.137 e. The topological polar surface area (TPSA) is 43.8 Å². The third-order valence-corrected chi connectivity index (χ3v) is 4.95. The van der Waals surface area contributed by atoms with E-state index in [1.54, 1.807) is 12.1 Å². The van der Waals surface area contributed by atoms with Crippen LogP contribution >= 0.6 is 15.9 Å². The molecule has 21 heavy (non-hydrogen) atoms. The first-order valence-electron chi connectivity index (χ1n) is 7.35. The van der Waals surface area contributed by atoms with Crippen molar-refractivity contribution in [3.05, 3.63) is 34.3 Å². The summed E-state index contributed by atoms with van der Waals surface area (Å²) in [4.78, 5) is 4.77. The summed E-state index contributed by atoms with van der Waals surface area (Å²) in [5, 5.41) is 0. The molecule has 0 amide bonds. The van der Waals surface area contributed by atoms with Crippen molar-refractivity contribution in [1.82, 2.24) is 9.55 Å². The molecule has 1 fully saturated rings. The molecule has 1 aromatic heterocycles.